The molecule has 0 saturated heterocycles. The number of methoxy groups -OCH3 is 1. The summed E-state index contributed by atoms with van der Waals surface area (Å²) in [5.41, 5.74) is 2.72. The SMILES string of the molecule is COC(=O)C1C(C)=NC2=C(C(=O)CCC2)[C@H]1c1ccc(F)cc1. The highest BCUT2D eigenvalue weighted by Crippen LogP contribution is 2.43. The van der Waals surface area contributed by atoms with Crippen molar-refractivity contribution in [1.29, 1.82) is 0 Å². The van der Waals surface area contributed by atoms with E-state index in [-0.39, 0.29) is 11.6 Å². The third-order valence-corrected chi connectivity index (χ3v) is 4.52. The molecule has 0 spiro atoms. The molecular formula is C18H18FNO3. The predicted octanol–water partition coefficient (Wildman–Crippen LogP) is 3.18. The maximum atomic E-state index is 13.3. The number of carbonyl (C=O) groups excluding carboxylic acids is 2. The van der Waals surface area contributed by atoms with E-state index in [9.17, 15) is 14.0 Å². The average Bonchev–Trinajstić information content (AvgIpc) is 2.54. The summed E-state index contributed by atoms with van der Waals surface area (Å²) in [4.78, 5) is 29.3. The van der Waals surface area contributed by atoms with E-state index in [0.29, 0.717) is 17.7 Å². The van der Waals surface area contributed by atoms with E-state index in [1.807, 2.05) is 0 Å². The minimum absolute atomic E-state index is 0.0192. The van der Waals surface area contributed by atoms with E-state index in [1.54, 1.807) is 19.1 Å². The minimum Gasteiger partial charge on any atom is -0.468 e. The number of esters is 1. The summed E-state index contributed by atoms with van der Waals surface area (Å²) in [6.45, 7) is 1.78. The van der Waals surface area contributed by atoms with Gasteiger partial charge in [0.25, 0.3) is 0 Å². The number of benzene rings is 1. The van der Waals surface area contributed by atoms with Crippen LogP contribution in [-0.4, -0.2) is 24.6 Å². The molecule has 1 aromatic carbocycles. The van der Waals surface area contributed by atoms with Gasteiger partial charge in [-0.1, -0.05) is 12.1 Å². The molecule has 0 amide bonds. The van der Waals surface area contributed by atoms with Crippen molar-refractivity contribution in [3.05, 3.63) is 46.9 Å². The van der Waals surface area contributed by atoms with Crippen molar-refractivity contribution in [1.82, 2.24) is 0 Å². The second-order valence-corrected chi connectivity index (χ2v) is 5.92. The van der Waals surface area contributed by atoms with Gasteiger partial charge in [-0.25, -0.2) is 4.39 Å². The fourth-order valence-electron chi connectivity index (χ4n) is 3.47. The predicted molar refractivity (Wildman–Crippen MR) is 83.6 cm³/mol. The Morgan fingerprint density at radius 1 is 1.26 bits per heavy atom. The van der Waals surface area contributed by atoms with Crippen molar-refractivity contribution < 1.29 is 18.7 Å². The number of rotatable bonds is 2. The summed E-state index contributed by atoms with van der Waals surface area (Å²) < 4.78 is 18.2. The standard InChI is InChI=1S/C18H18FNO3/c1-10-15(18(22)23-2)16(11-6-8-12(19)9-7-11)17-13(20-10)4-3-5-14(17)21/h6-9,15-16H,3-5H2,1-2H3/t15?,16-/m0/s1. The summed E-state index contributed by atoms with van der Waals surface area (Å²) in [7, 11) is 1.32. The van der Waals surface area contributed by atoms with Gasteiger partial charge in [0.15, 0.2) is 5.78 Å². The first-order valence-electron chi connectivity index (χ1n) is 7.67. The van der Waals surface area contributed by atoms with Gasteiger partial charge in [0.2, 0.25) is 0 Å². The van der Waals surface area contributed by atoms with Gasteiger partial charge in [0.05, 0.1) is 7.11 Å². The second kappa shape index (κ2) is 6.07. The first kappa shape index (κ1) is 15.6. The van der Waals surface area contributed by atoms with E-state index in [4.69, 9.17) is 4.74 Å². The molecule has 0 radical (unpaired) electrons. The first-order valence-corrected chi connectivity index (χ1v) is 7.67. The zero-order valence-electron chi connectivity index (χ0n) is 13.1. The molecule has 23 heavy (non-hydrogen) atoms. The molecule has 4 nitrogen and oxygen atoms in total. The van der Waals surface area contributed by atoms with Crippen molar-refractivity contribution in [2.24, 2.45) is 10.9 Å². The fourth-order valence-corrected chi connectivity index (χ4v) is 3.47. The van der Waals surface area contributed by atoms with Gasteiger partial charge in [-0.2, -0.15) is 0 Å². The third kappa shape index (κ3) is 2.71. The molecule has 0 aromatic heterocycles. The van der Waals surface area contributed by atoms with Gasteiger partial charge in [0, 0.05) is 29.3 Å². The second-order valence-electron chi connectivity index (χ2n) is 5.92. The van der Waals surface area contributed by atoms with Crippen LogP contribution in [0, 0.1) is 11.7 Å². The molecule has 1 aliphatic heterocycles. The molecule has 0 saturated carbocycles. The smallest absolute Gasteiger partial charge is 0.315 e. The van der Waals surface area contributed by atoms with Gasteiger partial charge in [0.1, 0.15) is 11.7 Å². The van der Waals surface area contributed by atoms with Crippen LogP contribution in [0.25, 0.3) is 0 Å². The van der Waals surface area contributed by atoms with Crippen LogP contribution in [0.2, 0.25) is 0 Å². The number of halogens is 1. The zero-order chi connectivity index (χ0) is 16.6. The molecule has 2 aliphatic rings. The Balaban J connectivity index is 2.17. The molecule has 0 bridgehead atoms. The molecule has 1 unspecified atom stereocenters. The highest BCUT2D eigenvalue weighted by molar-refractivity contribution is 6.08. The van der Waals surface area contributed by atoms with Gasteiger partial charge in [-0.05, 0) is 37.5 Å². The van der Waals surface area contributed by atoms with E-state index >= 15 is 0 Å². The quantitative estimate of drug-likeness (QED) is 0.788. The van der Waals surface area contributed by atoms with Crippen molar-refractivity contribution in [3.8, 4) is 0 Å². The summed E-state index contributed by atoms with van der Waals surface area (Å²) in [5.74, 6) is -1.86. The van der Waals surface area contributed by atoms with Crippen LogP contribution < -0.4 is 0 Å². The van der Waals surface area contributed by atoms with Crippen molar-refractivity contribution >= 4 is 17.5 Å². The van der Waals surface area contributed by atoms with E-state index in [1.165, 1.54) is 19.2 Å². The molecule has 1 aliphatic carbocycles. The number of nitrogens with zero attached hydrogens (tertiary/aromatic N) is 1. The molecule has 1 aromatic rings. The lowest BCUT2D eigenvalue weighted by Crippen LogP contribution is -2.36. The number of ketones is 1. The Hall–Kier alpha value is -2.30. The summed E-state index contributed by atoms with van der Waals surface area (Å²) in [5, 5.41) is 0. The molecule has 3 rings (SSSR count). The lowest BCUT2D eigenvalue weighted by Gasteiger charge is -2.34. The largest absolute Gasteiger partial charge is 0.468 e. The summed E-state index contributed by atoms with van der Waals surface area (Å²) in [6.07, 6.45) is 1.95. The third-order valence-electron chi connectivity index (χ3n) is 4.52. The van der Waals surface area contributed by atoms with Crippen molar-refractivity contribution in [3.63, 3.8) is 0 Å². The highest BCUT2D eigenvalue weighted by Gasteiger charge is 2.42. The minimum atomic E-state index is -0.647. The van der Waals surface area contributed by atoms with Gasteiger partial charge >= 0.3 is 5.97 Å². The first-order chi connectivity index (χ1) is 11.0. The maximum absolute atomic E-state index is 13.3. The normalized spacial score (nSPS) is 24.1. The summed E-state index contributed by atoms with van der Waals surface area (Å²) >= 11 is 0. The molecule has 1 heterocycles. The van der Waals surface area contributed by atoms with Crippen LogP contribution in [-0.2, 0) is 14.3 Å². The Morgan fingerprint density at radius 2 is 1.96 bits per heavy atom. The number of allylic oxidation sites excluding steroid dienone is 2. The van der Waals surface area contributed by atoms with Gasteiger partial charge in [-0.3, -0.25) is 14.6 Å². The number of hydrogen-bond donors (Lipinski definition) is 0. The summed E-state index contributed by atoms with van der Waals surface area (Å²) in [6, 6.07) is 5.94. The van der Waals surface area contributed by atoms with Crippen LogP contribution >= 0.6 is 0 Å². The topological polar surface area (TPSA) is 55.7 Å². The average molecular weight is 315 g/mol. The lowest BCUT2D eigenvalue weighted by atomic mass is 9.72. The Labute approximate surface area is 134 Å². The lowest BCUT2D eigenvalue weighted by molar-refractivity contribution is -0.143. The van der Waals surface area contributed by atoms with Crippen molar-refractivity contribution in [2.45, 2.75) is 32.1 Å². The van der Waals surface area contributed by atoms with Crippen LogP contribution in [0.5, 0.6) is 0 Å². The molecule has 0 fully saturated rings. The molecule has 2 atom stereocenters. The van der Waals surface area contributed by atoms with Gasteiger partial charge in [-0.15, -0.1) is 0 Å². The van der Waals surface area contributed by atoms with Gasteiger partial charge < -0.3 is 4.74 Å². The van der Waals surface area contributed by atoms with E-state index in [0.717, 1.165) is 24.1 Å². The molecule has 120 valence electrons. The number of Topliss-reactive ketones (excluding diaryl/α,β-unsaturated/α-hetero) is 1. The zero-order valence-corrected chi connectivity index (χ0v) is 13.1. The maximum Gasteiger partial charge on any atom is 0.315 e. The number of carbonyl (C=O) groups is 2. The Kier molecular flexibility index (Phi) is 4.11. The van der Waals surface area contributed by atoms with Crippen LogP contribution in [0.3, 0.4) is 0 Å². The highest BCUT2D eigenvalue weighted by atomic mass is 19.1. The van der Waals surface area contributed by atoms with Crippen molar-refractivity contribution in [2.75, 3.05) is 7.11 Å². The van der Waals surface area contributed by atoms with Crippen LogP contribution in [0.1, 0.15) is 37.7 Å². The van der Waals surface area contributed by atoms with Crippen LogP contribution in [0.4, 0.5) is 4.39 Å². The molecule has 0 N–H and O–H groups in total. The molecular weight excluding hydrogens is 297 g/mol. The monoisotopic (exact) mass is 315 g/mol. The molecule has 5 heteroatoms. The Morgan fingerprint density at radius 3 is 2.61 bits per heavy atom. The number of hydrogen-bond acceptors (Lipinski definition) is 4. The van der Waals surface area contributed by atoms with Crippen LogP contribution in [0.15, 0.2) is 40.5 Å². The number of aliphatic imine (C=N–C) groups is 1. The number of ether oxygens (including phenoxy) is 1. The fraction of sp³-hybridized carbons (Fsp3) is 0.389. The van der Waals surface area contributed by atoms with E-state index in [2.05, 4.69) is 4.99 Å². The Bertz CT molecular complexity index is 718. The van der Waals surface area contributed by atoms with E-state index < -0.39 is 17.8 Å².